The molecule has 1 aromatic rings. The van der Waals surface area contributed by atoms with E-state index in [0.29, 0.717) is 18.4 Å². The molecule has 0 amide bonds. The zero-order valence-corrected chi connectivity index (χ0v) is 12.2. The Morgan fingerprint density at radius 3 is 2.67 bits per heavy atom. The van der Waals surface area contributed by atoms with Crippen molar-refractivity contribution in [3.05, 3.63) is 35.9 Å². The molecule has 1 aromatic carbocycles. The van der Waals surface area contributed by atoms with Crippen LogP contribution >= 0.6 is 0 Å². The molecule has 1 heterocycles. The molecule has 5 nitrogen and oxygen atoms in total. The Morgan fingerprint density at radius 2 is 1.95 bits per heavy atom. The van der Waals surface area contributed by atoms with E-state index >= 15 is 0 Å². The number of aliphatic hydroxyl groups is 1. The third kappa shape index (κ3) is 3.10. The van der Waals surface area contributed by atoms with Gasteiger partial charge in [0.1, 0.15) is 12.2 Å². The standard InChI is InChI=1S/C16H20O5/c1-16(2)20-13-9-11(17)8-12(14(13)21-16)19-15(18)10-6-4-3-5-7-10/h3-7,11-14,17H,8-9H2,1-2H3/t11?,12-,13?,14?/m1/s1. The van der Waals surface area contributed by atoms with Crippen LogP contribution in [0, 0.1) is 0 Å². The third-order valence-electron chi connectivity index (χ3n) is 3.86. The first kappa shape index (κ1) is 14.5. The zero-order valence-electron chi connectivity index (χ0n) is 12.2. The van der Waals surface area contributed by atoms with Crippen LogP contribution < -0.4 is 0 Å². The Morgan fingerprint density at radius 1 is 1.24 bits per heavy atom. The van der Waals surface area contributed by atoms with Gasteiger partial charge in [-0.1, -0.05) is 18.2 Å². The van der Waals surface area contributed by atoms with Crippen LogP contribution in [0.3, 0.4) is 0 Å². The van der Waals surface area contributed by atoms with E-state index in [1.165, 1.54) is 0 Å². The first-order valence-corrected chi connectivity index (χ1v) is 7.24. The molecule has 3 unspecified atom stereocenters. The van der Waals surface area contributed by atoms with Crippen LogP contribution in [0.15, 0.2) is 30.3 Å². The molecular weight excluding hydrogens is 272 g/mol. The summed E-state index contributed by atoms with van der Waals surface area (Å²) < 4.78 is 17.2. The molecule has 2 fully saturated rings. The lowest BCUT2D eigenvalue weighted by Crippen LogP contribution is -2.46. The van der Waals surface area contributed by atoms with Crippen molar-refractivity contribution in [2.75, 3.05) is 0 Å². The van der Waals surface area contributed by atoms with Crippen molar-refractivity contribution in [3.63, 3.8) is 0 Å². The lowest BCUT2D eigenvalue weighted by atomic mass is 9.90. The number of fused-ring (bicyclic) bond motifs is 1. The van der Waals surface area contributed by atoms with Gasteiger partial charge in [0.05, 0.1) is 17.8 Å². The number of esters is 1. The SMILES string of the molecule is CC1(C)OC2CC(O)C[C@@H](OC(=O)c3ccccc3)C2O1. The fraction of sp³-hybridized carbons (Fsp3) is 0.562. The van der Waals surface area contributed by atoms with Crippen LogP contribution in [0.1, 0.15) is 37.0 Å². The Balaban J connectivity index is 1.73. The predicted molar refractivity (Wildman–Crippen MR) is 74.7 cm³/mol. The summed E-state index contributed by atoms with van der Waals surface area (Å²) in [5.74, 6) is -1.11. The summed E-state index contributed by atoms with van der Waals surface area (Å²) >= 11 is 0. The molecule has 2 aliphatic rings. The Labute approximate surface area is 123 Å². The molecular formula is C16H20O5. The first-order chi connectivity index (χ1) is 9.94. The minimum Gasteiger partial charge on any atom is -0.456 e. The summed E-state index contributed by atoms with van der Waals surface area (Å²) in [4.78, 5) is 12.2. The molecule has 1 N–H and O–H groups in total. The highest BCUT2D eigenvalue weighted by Crippen LogP contribution is 2.38. The molecule has 0 radical (unpaired) electrons. The van der Waals surface area contributed by atoms with E-state index < -0.39 is 24.0 Å². The highest BCUT2D eigenvalue weighted by atomic mass is 16.8. The smallest absolute Gasteiger partial charge is 0.338 e. The van der Waals surface area contributed by atoms with Gasteiger partial charge in [-0.3, -0.25) is 0 Å². The van der Waals surface area contributed by atoms with Gasteiger partial charge in [0.25, 0.3) is 0 Å². The van der Waals surface area contributed by atoms with E-state index in [1.807, 2.05) is 19.9 Å². The quantitative estimate of drug-likeness (QED) is 0.843. The van der Waals surface area contributed by atoms with Crippen LogP contribution in [0.4, 0.5) is 0 Å². The Hall–Kier alpha value is -1.43. The lowest BCUT2D eigenvalue weighted by Gasteiger charge is -2.33. The van der Waals surface area contributed by atoms with E-state index in [9.17, 15) is 9.90 Å². The van der Waals surface area contributed by atoms with Crippen LogP contribution in [-0.4, -0.2) is 41.3 Å². The van der Waals surface area contributed by atoms with E-state index in [1.54, 1.807) is 24.3 Å². The minimum atomic E-state index is -0.712. The van der Waals surface area contributed by atoms with E-state index in [2.05, 4.69) is 0 Å². The zero-order chi connectivity index (χ0) is 15.0. The Bertz CT molecular complexity index is 513. The van der Waals surface area contributed by atoms with Gasteiger partial charge in [-0.25, -0.2) is 4.79 Å². The number of rotatable bonds is 2. The largest absolute Gasteiger partial charge is 0.456 e. The van der Waals surface area contributed by atoms with Gasteiger partial charge in [-0.2, -0.15) is 0 Å². The molecule has 1 saturated carbocycles. The second kappa shape index (κ2) is 5.40. The van der Waals surface area contributed by atoms with Gasteiger partial charge in [-0.15, -0.1) is 0 Å². The minimum absolute atomic E-state index is 0.239. The maximum absolute atomic E-state index is 12.2. The topological polar surface area (TPSA) is 65.0 Å². The summed E-state index contributed by atoms with van der Waals surface area (Å²) in [7, 11) is 0. The van der Waals surface area contributed by atoms with Crippen LogP contribution in [0.25, 0.3) is 0 Å². The molecule has 21 heavy (non-hydrogen) atoms. The third-order valence-corrected chi connectivity index (χ3v) is 3.86. The van der Waals surface area contributed by atoms with Crippen molar-refractivity contribution in [3.8, 4) is 0 Å². The second-order valence-corrected chi connectivity index (χ2v) is 6.07. The molecule has 4 atom stereocenters. The summed E-state index contributed by atoms with van der Waals surface area (Å²) in [6, 6.07) is 8.82. The van der Waals surface area contributed by atoms with E-state index in [0.717, 1.165) is 0 Å². The molecule has 0 bridgehead atoms. The molecule has 0 aromatic heterocycles. The van der Waals surface area contributed by atoms with Gasteiger partial charge in [-0.05, 0) is 26.0 Å². The van der Waals surface area contributed by atoms with E-state index in [-0.39, 0.29) is 12.2 Å². The van der Waals surface area contributed by atoms with Crippen LogP contribution in [-0.2, 0) is 14.2 Å². The summed E-state index contributed by atoms with van der Waals surface area (Å²) in [5.41, 5.74) is 0.493. The number of hydrogen-bond donors (Lipinski definition) is 1. The number of carbonyl (C=O) groups excluding carboxylic acids is 1. The first-order valence-electron chi connectivity index (χ1n) is 7.24. The van der Waals surface area contributed by atoms with Crippen molar-refractivity contribution < 1.29 is 24.1 Å². The summed E-state index contributed by atoms with van der Waals surface area (Å²) in [6.07, 6.45) is -0.717. The summed E-state index contributed by atoms with van der Waals surface area (Å²) in [5, 5.41) is 9.95. The van der Waals surface area contributed by atoms with Crippen LogP contribution in [0.5, 0.6) is 0 Å². The molecule has 1 saturated heterocycles. The monoisotopic (exact) mass is 292 g/mol. The maximum atomic E-state index is 12.2. The lowest BCUT2D eigenvalue weighted by molar-refractivity contribution is -0.154. The average molecular weight is 292 g/mol. The average Bonchev–Trinajstić information content (AvgIpc) is 2.74. The van der Waals surface area contributed by atoms with Crippen molar-refractivity contribution in [1.82, 2.24) is 0 Å². The number of carbonyl (C=O) groups is 1. The number of aliphatic hydroxyl groups excluding tert-OH is 1. The molecule has 1 aliphatic heterocycles. The van der Waals surface area contributed by atoms with Gasteiger partial charge in [0, 0.05) is 12.8 Å². The highest BCUT2D eigenvalue weighted by Gasteiger charge is 2.50. The Kier molecular flexibility index (Phi) is 3.73. The molecule has 3 rings (SSSR count). The van der Waals surface area contributed by atoms with Gasteiger partial charge < -0.3 is 19.3 Å². The molecule has 5 heteroatoms. The number of benzene rings is 1. The fourth-order valence-electron chi connectivity index (χ4n) is 3.02. The van der Waals surface area contributed by atoms with Crippen molar-refractivity contribution >= 4 is 5.97 Å². The van der Waals surface area contributed by atoms with Crippen LogP contribution in [0.2, 0.25) is 0 Å². The van der Waals surface area contributed by atoms with Crippen molar-refractivity contribution in [2.24, 2.45) is 0 Å². The fourth-order valence-corrected chi connectivity index (χ4v) is 3.02. The van der Waals surface area contributed by atoms with Crippen molar-refractivity contribution in [2.45, 2.75) is 56.9 Å². The molecule has 114 valence electrons. The van der Waals surface area contributed by atoms with Crippen molar-refractivity contribution in [1.29, 1.82) is 0 Å². The molecule has 0 spiro atoms. The number of ether oxygens (including phenoxy) is 3. The van der Waals surface area contributed by atoms with Gasteiger partial charge in [0.15, 0.2) is 5.79 Å². The van der Waals surface area contributed by atoms with E-state index in [4.69, 9.17) is 14.2 Å². The van der Waals surface area contributed by atoms with Gasteiger partial charge in [0.2, 0.25) is 0 Å². The highest BCUT2D eigenvalue weighted by molar-refractivity contribution is 5.89. The number of hydrogen-bond acceptors (Lipinski definition) is 5. The molecule has 1 aliphatic carbocycles. The van der Waals surface area contributed by atoms with Gasteiger partial charge >= 0.3 is 5.97 Å². The normalized spacial score (nSPS) is 34.2. The summed E-state index contributed by atoms with van der Waals surface area (Å²) in [6.45, 7) is 3.65. The maximum Gasteiger partial charge on any atom is 0.338 e. The predicted octanol–water partition coefficient (Wildman–Crippen LogP) is 1.89. The second-order valence-electron chi connectivity index (χ2n) is 6.07.